The molecule has 1 atom stereocenters. The number of nitrogens with one attached hydrogen (secondary N) is 3. The number of anilines is 3. The molecule has 2 aromatic heterocycles. The van der Waals surface area contributed by atoms with E-state index in [0.29, 0.717) is 59.0 Å². The van der Waals surface area contributed by atoms with Gasteiger partial charge < -0.3 is 31.1 Å². The molecule has 2 saturated heterocycles. The van der Waals surface area contributed by atoms with Gasteiger partial charge in [-0.2, -0.15) is 0 Å². The van der Waals surface area contributed by atoms with E-state index in [1.807, 2.05) is 66.7 Å². The second-order valence-electron chi connectivity index (χ2n) is 18.6. The number of aromatic nitrogens is 3. The minimum atomic E-state index is -0.685. The fraction of sp³-hybridized carbons (Fsp3) is 0.283. The highest BCUT2D eigenvalue weighted by atomic mass is 32.2. The van der Waals surface area contributed by atoms with Gasteiger partial charge in [-0.3, -0.25) is 39.2 Å². The molecule has 10 rings (SSSR count). The minimum Gasteiger partial charge on any atom is -0.369 e. The van der Waals surface area contributed by atoms with E-state index in [2.05, 4.69) is 46.8 Å². The van der Waals surface area contributed by atoms with Crippen molar-refractivity contribution < 1.29 is 28.4 Å². The van der Waals surface area contributed by atoms with Crippen LogP contribution in [0.3, 0.4) is 0 Å². The molecule has 1 unspecified atom stereocenters. The van der Waals surface area contributed by atoms with Crippen molar-refractivity contribution in [1.82, 2.24) is 35.4 Å². The molecule has 5 aliphatic rings. The van der Waals surface area contributed by atoms with Gasteiger partial charge in [0.1, 0.15) is 22.6 Å². The van der Waals surface area contributed by atoms with E-state index in [1.54, 1.807) is 55.0 Å². The van der Waals surface area contributed by atoms with Crippen LogP contribution < -0.4 is 31.5 Å². The van der Waals surface area contributed by atoms with Crippen molar-refractivity contribution in [2.24, 2.45) is 5.73 Å². The number of nitrogens with zero attached hydrogens (tertiary/aromatic N) is 7. The number of carbonyl (C=O) groups is 5. The summed E-state index contributed by atoms with van der Waals surface area (Å²) in [6.07, 6.45) is 17.9. The SMILES string of the molecule is CC1(N)C=CN(c2cnc(Sc3cccc(NC(=O)c4ccc(N5CCC(N6CC=C(c7ccc(C(=O)NCc8ccc9c(c8)CN(C8CCC(=O)NC8=O)C9=O)nc7)CC6)CC5)c(F)c4)c3)cn2)C=C1. The van der Waals surface area contributed by atoms with E-state index in [-0.39, 0.29) is 42.8 Å². The maximum Gasteiger partial charge on any atom is 0.270 e. The number of nitrogens with two attached hydrogens (primary N) is 1. The maximum atomic E-state index is 15.7. The van der Waals surface area contributed by atoms with Crippen molar-refractivity contribution >= 4 is 64.1 Å². The Hall–Kier alpha value is -7.54. The summed E-state index contributed by atoms with van der Waals surface area (Å²) in [7, 11) is 0. The van der Waals surface area contributed by atoms with Crippen LogP contribution in [0.4, 0.5) is 21.6 Å². The number of rotatable bonds is 12. The van der Waals surface area contributed by atoms with E-state index in [4.69, 9.17) is 5.73 Å². The fourth-order valence-corrected chi connectivity index (χ4v) is 10.4. The van der Waals surface area contributed by atoms with Crippen molar-refractivity contribution in [3.8, 4) is 0 Å². The van der Waals surface area contributed by atoms with Crippen LogP contribution >= 0.6 is 11.8 Å². The summed E-state index contributed by atoms with van der Waals surface area (Å²) >= 11 is 1.41. The second kappa shape index (κ2) is 20.1. The lowest BCUT2D eigenvalue weighted by atomic mass is 9.96. The van der Waals surface area contributed by atoms with Crippen LogP contribution in [0.1, 0.15) is 86.9 Å². The van der Waals surface area contributed by atoms with E-state index in [0.717, 1.165) is 53.9 Å². The fourth-order valence-electron chi connectivity index (χ4n) is 9.58. The Morgan fingerprint density at radius 2 is 1.72 bits per heavy atom. The van der Waals surface area contributed by atoms with Crippen molar-refractivity contribution in [2.45, 2.75) is 79.7 Å². The van der Waals surface area contributed by atoms with Gasteiger partial charge in [0.25, 0.3) is 17.7 Å². The first-order chi connectivity index (χ1) is 34.3. The predicted octanol–water partition coefficient (Wildman–Crippen LogP) is 6.43. The molecule has 5 aromatic rings. The van der Waals surface area contributed by atoms with Crippen LogP contribution in [0.2, 0.25) is 0 Å². The monoisotopic (exact) mass is 973 g/mol. The zero-order chi connectivity index (χ0) is 49.2. The summed E-state index contributed by atoms with van der Waals surface area (Å²) in [6, 6.07) is 20.8. The predicted molar refractivity (Wildman–Crippen MR) is 268 cm³/mol. The van der Waals surface area contributed by atoms with Crippen LogP contribution in [-0.2, 0) is 22.7 Å². The Kier molecular flexibility index (Phi) is 13.3. The van der Waals surface area contributed by atoms with Crippen molar-refractivity contribution in [3.63, 3.8) is 0 Å². The minimum absolute atomic E-state index is 0.191. The quantitative estimate of drug-likeness (QED) is 0.1000. The molecule has 71 heavy (non-hydrogen) atoms. The number of amides is 5. The van der Waals surface area contributed by atoms with Gasteiger partial charge in [0, 0.05) is 92.0 Å². The molecule has 2 fully saturated rings. The Bertz CT molecular complexity index is 2990. The van der Waals surface area contributed by atoms with Crippen LogP contribution in [0.25, 0.3) is 5.57 Å². The molecule has 0 saturated carbocycles. The van der Waals surface area contributed by atoms with E-state index in [9.17, 15) is 24.0 Å². The third-order valence-corrected chi connectivity index (χ3v) is 14.5. The first-order valence-electron chi connectivity index (χ1n) is 23.7. The Labute approximate surface area is 414 Å². The number of benzene rings is 3. The highest BCUT2D eigenvalue weighted by Gasteiger charge is 2.39. The third kappa shape index (κ3) is 10.6. The smallest absolute Gasteiger partial charge is 0.270 e. The average Bonchev–Trinajstić information content (AvgIpc) is 3.70. The topological polar surface area (TPSA) is 199 Å². The molecular weight excluding hydrogens is 922 g/mol. The Balaban J connectivity index is 0.665. The van der Waals surface area contributed by atoms with Crippen molar-refractivity contribution in [2.75, 3.05) is 41.3 Å². The van der Waals surface area contributed by atoms with E-state index in [1.165, 1.54) is 28.3 Å². The summed E-state index contributed by atoms with van der Waals surface area (Å²) in [4.78, 5) is 85.7. The van der Waals surface area contributed by atoms with Gasteiger partial charge in [0.15, 0.2) is 5.82 Å². The molecule has 0 bridgehead atoms. The highest BCUT2D eigenvalue weighted by molar-refractivity contribution is 7.99. The van der Waals surface area contributed by atoms with E-state index < -0.39 is 29.2 Å². The van der Waals surface area contributed by atoms with Crippen LogP contribution in [-0.4, -0.2) is 98.1 Å². The summed E-state index contributed by atoms with van der Waals surface area (Å²) in [5.41, 5.74) is 11.5. The van der Waals surface area contributed by atoms with Gasteiger partial charge in [-0.25, -0.2) is 14.4 Å². The molecule has 5 aliphatic heterocycles. The molecule has 5 amide bonds. The van der Waals surface area contributed by atoms with Gasteiger partial charge in [0.2, 0.25) is 11.8 Å². The highest BCUT2D eigenvalue weighted by Crippen LogP contribution is 2.32. The van der Waals surface area contributed by atoms with Gasteiger partial charge in [-0.1, -0.05) is 42.1 Å². The molecule has 16 nitrogen and oxygen atoms in total. The summed E-state index contributed by atoms with van der Waals surface area (Å²) < 4.78 is 15.7. The molecule has 3 aromatic carbocycles. The summed E-state index contributed by atoms with van der Waals surface area (Å²) in [6.45, 7) is 5.46. The third-order valence-electron chi connectivity index (χ3n) is 13.6. The van der Waals surface area contributed by atoms with Gasteiger partial charge in [-0.05, 0) is 116 Å². The lowest BCUT2D eigenvalue weighted by Crippen LogP contribution is -2.52. The zero-order valence-corrected chi connectivity index (χ0v) is 39.8. The van der Waals surface area contributed by atoms with Crippen LogP contribution in [0.15, 0.2) is 132 Å². The molecule has 0 spiro atoms. The number of carbonyl (C=O) groups excluding carboxylic acids is 5. The average molecular weight is 974 g/mol. The van der Waals surface area contributed by atoms with Gasteiger partial charge in [0.05, 0.1) is 23.6 Å². The van der Waals surface area contributed by atoms with Crippen LogP contribution in [0.5, 0.6) is 0 Å². The van der Waals surface area contributed by atoms with E-state index >= 15 is 4.39 Å². The largest absolute Gasteiger partial charge is 0.369 e. The molecule has 362 valence electrons. The number of piperidine rings is 2. The zero-order valence-electron chi connectivity index (χ0n) is 39.0. The summed E-state index contributed by atoms with van der Waals surface area (Å²) in [5.74, 6) is -1.52. The standard InChI is InChI=1S/C53H52FN11O5S/c1-53(55)17-23-64(24-18-53)46-30-58-48(31-57-46)71-40-4-2-3-38(27-40)60-49(67)35-7-10-44(42(54)26-35)63-21-15-39(16-22-63)62-19-13-34(14-20-62)36-6-9-43(56-29-36)50(68)59-28-33-5-8-41-37(25-33)32-65(52(41)70)45-11-12-47(66)61-51(45)69/h2-10,13,17-18,23-27,29-31,39,45H,11-12,14-16,19-22,28,32,55H2,1H3,(H,59,68)(H,60,67)(H,61,66,69). The Morgan fingerprint density at radius 1 is 0.887 bits per heavy atom. The molecule has 0 aliphatic carbocycles. The molecular formula is C53H52FN11O5S. The first kappa shape index (κ1) is 47.2. The lowest BCUT2D eigenvalue weighted by molar-refractivity contribution is -0.136. The number of halogens is 1. The van der Waals surface area contributed by atoms with Gasteiger partial charge in [-0.15, -0.1) is 0 Å². The number of hydrogen-bond acceptors (Lipinski definition) is 13. The Morgan fingerprint density at radius 3 is 2.44 bits per heavy atom. The second-order valence-corrected chi connectivity index (χ2v) is 19.7. The maximum absolute atomic E-state index is 15.7. The lowest BCUT2D eigenvalue weighted by Gasteiger charge is -2.40. The first-order valence-corrected chi connectivity index (χ1v) is 24.5. The van der Waals surface area contributed by atoms with Crippen LogP contribution in [0, 0.1) is 5.82 Å². The van der Waals surface area contributed by atoms with Gasteiger partial charge >= 0.3 is 0 Å². The molecule has 5 N–H and O–H groups in total. The number of pyridine rings is 1. The molecule has 7 heterocycles. The number of imide groups is 1. The summed E-state index contributed by atoms with van der Waals surface area (Å²) in [5, 5.41) is 8.83. The van der Waals surface area contributed by atoms with Crippen molar-refractivity contribution in [3.05, 3.63) is 161 Å². The molecule has 18 heteroatoms. The number of fused-ring (bicyclic) bond motifs is 1. The molecule has 0 radical (unpaired) electrons. The van der Waals surface area contributed by atoms with Crippen molar-refractivity contribution in [1.29, 1.82) is 0 Å². The number of hydrogen-bond donors (Lipinski definition) is 4. The normalized spacial score (nSPS) is 19.1.